The third-order valence-electron chi connectivity index (χ3n) is 3.36. The van der Waals surface area contributed by atoms with Crippen molar-refractivity contribution < 1.29 is 9.90 Å². The molecule has 3 N–H and O–H groups in total. The minimum Gasteiger partial charge on any atom is -0.504 e. The van der Waals surface area contributed by atoms with Crippen LogP contribution in [0.15, 0.2) is 59.2 Å². The monoisotopic (exact) mass is 401 g/mol. The molecule has 7 heteroatoms. The van der Waals surface area contributed by atoms with Crippen molar-refractivity contribution >= 4 is 55.8 Å². The number of carbonyl (C=O) groups is 1. The Morgan fingerprint density at radius 3 is 2.62 bits per heavy atom. The van der Waals surface area contributed by atoms with Crippen molar-refractivity contribution in [1.29, 1.82) is 0 Å². The van der Waals surface area contributed by atoms with Crippen LogP contribution in [0.4, 0.5) is 5.82 Å². The van der Waals surface area contributed by atoms with E-state index in [0.717, 1.165) is 15.2 Å². The fourth-order valence-electron chi connectivity index (χ4n) is 2.27. The van der Waals surface area contributed by atoms with Crippen LogP contribution in [0.2, 0.25) is 0 Å². The maximum Gasteiger partial charge on any atom is 0.258 e. The Kier molecular flexibility index (Phi) is 4.73. The first-order valence-corrected chi connectivity index (χ1v) is 8.20. The highest BCUT2D eigenvalue weighted by Gasteiger charge is 2.13. The first kappa shape index (κ1) is 16.4. The number of fused-ring (bicyclic) bond motifs is 1. The molecule has 0 aliphatic rings. The van der Waals surface area contributed by atoms with Gasteiger partial charge in [0.25, 0.3) is 5.91 Å². The number of aromatic hydroxyl groups is 1. The molecular formula is C17H12BrN3O2S. The molecule has 0 unspecified atom stereocenters. The van der Waals surface area contributed by atoms with E-state index in [0.29, 0.717) is 5.56 Å². The molecule has 1 heterocycles. The molecule has 1 amide bonds. The molecular weight excluding hydrogens is 390 g/mol. The van der Waals surface area contributed by atoms with Crippen molar-refractivity contribution in [3.8, 4) is 5.75 Å². The summed E-state index contributed by atoms with van der Waals surface area (Å²) in [5.74, 6) is -0.210. The van der Waals surface area contributed by atoms with Crippen molar-refractivity contribution in [1.82, 2.24) is 10.3 Å². The molecule has 2 aromatic carbocycles. The lowest BCUT2D eigenvalue weighted by molar-refractivity contribution is 0.0979. The Morgan fingerprint density at radius 1 is 1.08 bits per heavy atom. The standard InChI is InChI=1S/C17H12BrN3O2S/c18-13-7-2-4-10-11(13)5-1-6-12(10)16(23)21-17(24)20-15-14(22)8-3-9-19-15/h1-9,22H,(H2,19,20,21,23,24). The zero-order chi connectivity index (χ0) is 17.1. The average Bonchev–Trinajstić information content (AvgIpc) is 2.57. The zero-order valence-corrected chi connectivity index (χ0v) is 14.7. The van der Waals surface area contributed by atoms with Crippen LogP contribution in [0.1, 0.15) is 10.4 Å². The second-order valence-corrected chi connectivity index (χ2v) is 6.18. The second kappa shape index (κ2) is 6.94. The van der Waals surface area contributed by atoms with E-state index < -0.39 is 0 Å². The lowest BCUT2D eigenvalue weighted by Gasteiger charge is -2.11. The van der Waals surface area contributed by atoms with Crippen LogP contribution in [0.25, 0.3) is 10.8 Å². The van der Waals surface area contributed by atoms with Crippen molar-refractivity contribution in [3.63, 3.8) is 0 Å². The number of hydrogen-bond donors (Lipinski definition) is 3. The summed E-state index contributed by atoms with van der Waals surface area (Å²) in [7, 11) is 0. The fourth-order valence-corrected chi connectivity index (χ4v) is 2.96. The molecule has 0 saturated carbocycles. The maximum atomic E-state index is 12.5. The Morgan fingerprint density at radius 2 is 1.83 bits per heavy atom. The van der Waals surface area contributed by atoms with Crippen molar-refractivity contribution in [2.24, 2.45) is 0 Å². The van der Waals surface area contributed by atoms with E-state index in [9.17, 15) is 9.90 Å². The molecule has 0 bridgehead atoms. The van der Waals surface area contributed by atoms with Gasteiger partial charge in [0.2, 0.25) is 0 Å². The topological polar surface area (TPSA) is 74.2 Å². The molecule has 0 spiro atoms. The van der Waals surface area contributed by atoms with Gasteiger partial charge in [0.1, 0.15) is 0 Å². The number of nitrogens with zero attached hydrogens (tertiary/aromatic N) is 1. The molecule has 0 saturated heterocycles. The number of carbonyl (C=O) groups excluding carboxylic acids is 1. The number of halogens is 1. The smallest absolute Gasteiger partial charge is 0.258 e. The molecule has 0 fully saturated rings. The summed E-state index contributed by atoms with van der Waals surface area (Å²) >= 11 is 8.59. The van der Waals surface area contributed by atoms with Crippen LogP contribution in [0, 0.1) is 0 Å². The highest BCUT2D eigenvalue weighted by Crippen LogP contribution is 2.26. The van der Waals surface area contributed by atoms with Crippen LogP contribution in [0.5, 0.6) is 5.75 Å². The normalized spacial score (nSPS) is 10.4. The summed E-state index contributed by atoms with van der Waals surface area (Å²) in [6.45, 7) is 0. The van der Waals surface area contributed by atoms with E-state index in [1.54, 1.807) is 12.1 Å². The first-order valence-electron chi connectivity index (χ1n) is 7.00. The van der Waals surface area contributed by atoms with Gasteiger partial charge in [-0.1, -0.05) is 40.2 Å². The van der Waals surface area contributed by atoms with Gasteiger partial charge in [-0.2, -0.15) is 0 Å². The van der Waals surface area contributed by atoms with Gasteiger partial charge in [-0.3, -0.25) is 10.1 Å². The van der Waals surface area contributed by atoms with Crippen LogP contribution in [0.3, 0.4) is 0 Å². The highest BCUT2D eigenvalue weighted by atomic mass is 79.9. The van der Waals surface area contributed by atoms with Gasteiger partial charge in [0.05, 0.1) is 0 Å². The number of benzene rings is 2. The summed E-state index contributed by atoms with van der Waals surface area (Å²) in [6, 6.07) is 14.2. The van der Waals surface area contributed by atoms with Crippen LogP contribution < -0.4 is 10.6 Å². The molecule has 3 rings (SSSR count). The van der Waals surface area contributed by atoms with E-state index in [1.807, 2.05) is 30.3 Å². The van der Waals surface area contributed by atoms with E-state index >= 15 is 0 Å². The van der Waals surface area contributed by atoms with Gasteiger partial charge in [0, 0.05) is 16.2 Å². The quantitative estimate of drug-likeness (QED) is 0.569. The third kappa shape index (κ3) is 3.37. The van der Waals surface area contributed by atoms with Gasteiger partial charge in [-0.25, -0.2) is 4.98 Å². The molecule has 24 heavy (non-hydrogen) atoms. The highest BCUT2D eigenvalue weighted by molar-refractivity contribution is 9.10. The number of hydrogen-bond acceptors (Lipinski definition) is 4. The lowest BCUT2D eigenvalue weighted by Crippen LogP contribution is -2.34. The summed E-state index contributed by atoms with van der Waals surface area (Å²) in [4.78, 5) is 16.5. The summed E-state index contributed by atoms with van der Waals surface area (Å²) in [5.41, 5.74) is 0.503. The summed E-state index contributed by atoms with van der Waals surface area (Å²) in [5, 5.41) is 16.8. The Labute approximate surface area is 151 Å². The van der Waals surface area contributed by atoms with Crippen molar-refractivity contribution in [2.45, 2.75) is 0 Å². The minimum absolute atomic E-state index is 0.0526. The predicted molar refractivity (Wildman–Crippen MR) is 101 cm³/mol. The van der Waals surface area contributed by atoms with Crippen LogP contribution in [-0.2, 0) is 0 Å². The molecule has 3 aromatic rings. The zero-order valence-electron chi connectivity index (χ0n) is 12.3. The van der Waals surface area contributed by atoms with Gasteiger partial charge < -0.3 is 10.4 Å². The van der Waals surface area contributed by atoms with Gasteiger partial charge >= 0.3 is 0 Å². The minimum atomic E-state index is -0.341. The Hall–Kier alpha value is -2.51. The third-order valence-corrected chi connectivity index (χ3v) is 4.25. The van der Waals surface area contributed by atoms with Gasteiger partial charge in [-0.05, 0) is 47.3 Å². The first-order chi connectivity index (χ1) is 11.6. The van der Waals surface area contributed by atoms with Crippen molar-refractivity contribution in [3.05, 3.63) is 64.8 Å². The van der Waals surface area contributed by atoms with E-state index in [4.69, 9.17) is 12.2 Å². The number of nitrogens with one attached hydrogen (secondary N) is 2. The maximum absolute atomic E-state index is 12.5. The number of amides is 1. The molecule has 0 radical (unpaired) electrons. The molecule has 1 aromatic heterocycles. The Bertz CT molecular complexity index is 946. The van der Waals surface area contributed by atoms with E-state index in [-0.39, 0.29) is 22.6 Å². The van der Waals surface area contributed by atoms with Crippen molar-refractivity contribution in [2.75, 3.05) is 5.32 Å². The largest absolute Gasteiger partial charge is 0.504 e. The number of aromatic nitrogens is 1. The van der Waals surface area contributed by atoms with E-state index in [1.165, 1.54) is 12.3 Å². The van der Waals surface area contributed by atoms with Crippen LogP contribution in [-0.4, -0.2) is 21.1 Å². The predicted octanol–water partition coefficient (Wildman–Crippen LogP) is 3.83. The Balaban J connectivity index is 1.82. The SMILES string of the molecule is O=C(NC(=S)Nc1ncccc1O)c1cccc2c(Br)cccc12. The number of thiocarbonyl (C=S) groups is 1. The molecule has 0 aliphatic carbocycles. The molecule has 5 nitrogen and oxygen atoms in total. The summed E-state index contributed by atoms with van der Waals surface area (Å²) in [6.07, 6.45) is 1.51. The lowest BCUT2D eigenvalue weighted by atomic mass is 10.0. The fraction of sp³-hybridized carbons (Fsp3) is 0. The van der Waals surface area contributed by atoms with E-state index in [2.05, 4.69) is 31.5 Å². The van der Waals surface area contributed by atoms with Gasteiger partial charge in [-0.15, -0.1) is 0 Å². The number of rotatable bonds is 2. The second-order valence-electron chi connectivity index (χ2n) is 4.92. The molecule has 120 valence electrons. The number of pyridine rings is 1. The molecule has 0 aliphatic heterocycles. The average molecular weight is 402 g/mol. The van der Waals surface area contributed by atoms with Crippen LogP contribution >= 0.6 is 28.1 Å². The van der Waals surface area contributed by atoms with Gasteiger partial charge in [0.15, 0.2) is 16.7 Å². The molecule has 0 atom stereocenters. The number of anilines is 1. The summed E-state index contributed by atoms with van der Waals surface area (Å²) < 4.78 is 0.911.